The highest BCUT2D eigenvalue weighted by Gasteiger charge is 2.16. The number of aromatic amines is 1. The predicted octanol–water partition coefficient (Wildman–Crippen LogP) is 5.96. The molecule has 4 aromatic carbocycles. The minimum atomic E-state index is 0.528. The second-order valence-electron chi connectivity index (χ2n) is 8.35. The molecule has 0 atom stereocenters. The van der Waals surface area contributed by atoms with Crippen LogP contribution >= 0.6 is 0 Å². The van der Waals surface area contributed by atoms with Crippen molar-refractivity contribution in [3.05, 3.63) is 121 Å². The molecule has 5 nitrogen and oxygen atoms in total. The highest BCUT2D eigenvalue weighted by molar-refractivity contribution is 5.90. The molecule has 172 valence electrons. The van der Waals surface area contributed by atoms with Gasteiger partial charge in [0.2, 0.25) is 0 Å². The molecular weight excluding hydrogens is 430 g/mol. The number of hydrogen-bond acceptors (Lipinski definition) is 3. The maximum absolute atomic E-state index is 5.53. The van der Waals surface area contributed by atoms with Gasteiger partial charge in [-0.05, 0) is 33.9 Å². The molecule has 0 bridgehead atoms. The molecule has 35 heavy (non-hydrogen) atoms. The quantitative estimate of drug-likeness (QED) is 0.110. The summed E-state index contributed by atoms with van der Waals surface area (Å²) >= 11 is 0. The van der Waals surface area contributed by atoms with Crippen LogP contribution in [0.1, 0.15) is 5.56 Å². The number of aromatic nitrogens is 1. The van der Waals surface area contributed by atoms with Crippen molar-refractivity contribution in [3.63, 3.8) is 0 Å². The maximum atomic E-state index is 5.53. The summed E-state index contributed by atoms with van der Waals surface area (Å²) in [5.74, 6) is 11.5. The summed E-state index contributed by atoms with van der Waals surface area (Å²) in [5.41, 5.74) is 12.7. The van der Waals surface area contributed by atoms with Crippen LogP contribution in [0.15, 0.2) is 120 Å². The van der Waals surface area contributed by atoms with Gasteiger partial charge in [0.05, 0.1) is 5.69 Å². The van der Waals surface area contributed by atoms with E-state index in [-0.39, 0.29) is 0 Å². The molecule has 1 aromatic heterocycles. The van der Waals surface area contributed by atoms with Crippen LogP contribution in [0.4, 0.5) is 0 Å². The number of nitrogens with two attached hydrogens (primary N) is 2. The van der Waals surface area contributed by atoms with Crippen LogP contribution in [0.5, 0.6) is 0 Å². The number of hydrogen-bond donors (Lipinski definition) is 4. The molecule has 1 heterocycles. The number of nitrogens with zero attached hydrogens (tertiary/aromatic N) is 1. The molecule has 0 fully saturated rings. The van der Waals surface area contributed by atoms with Crippen molar-refractivity contribution in [1.82, 2.24) is 10.4 Å². The number of amidine groups is 1. The average Bonchev–Trinajstić information content (AvgIpc) is 3.38. The molecule has 0 saturated heterocycles. The Labute approximate surface area is 205 Å². The largest absolute Gasteiger partial charge is 0.354 e. The van der Waals surface area contributed by atoms with E-state index in [9.17, 15) is 0 Å². The van der Waals surface area contributed by atoms with E-state index in [0.717, 1.165) is 39.2 Å². The Morgan fingerprint density at radius 2 is 1.29 bits per heavy atom. The molecule has 0 amide bonds. The van der Waals surface area contributed by atoms with Crippen LogP contribution in [0.2, 0.25) is 0 Å². The Kier molecular flexibility index (Phi) is 6.42. The number of nitrogens with one attached hydrogen (secondary N) is 2. The molecule has 5 aromatic rings. The third-order valence-electron chi connectivity index (χ3n) is 6.11. The van der Waals surface area contributed by atoms with Crippen LogP contribution in [0.3, 0.4) is 0 Å². The van der Waals surface area contributed by atoms with E-state index in [1.807, 2.05) is 24.3 Å². The van der Waals surface area contributed by atoms with Gasteiger partial charge >= 0.3 is 0 Å². The fourth-order valence-electron chi connectivity index (χ4n) is 4.42. The molecule has 0 unspecified atom stereocenters. The minimum absolute atomic E-state index is 0.528. The van der Waals surface area contributed by atoms with E-state index >= 15 is 0 Å². The van der Waals surface area contributed by atoms with E-state index in [0.29, 0.717) is 12.3 Å². The van der Waals surface area contributed by atoms with Gasteiger partial charge in [0.25, 0.3) is 0 Å². The zero-order valence-electron chi connectivity index (χ0n) is 19.3. The van der Waals surface area contributed by atoms with E-state index in [2.05, 4.69) is 107 Å². The number of hydrazone groups is 1. The summed E-state index contributed by atoms with van der Waals surface area (Å²) in [4.78, 5) is 3.73. The van der Waals surface area contributed by atoms with Gasteiger partial charge in [-0.15, -0.1) is 0 Å². The molecule has 0 aliphatic rings. The fraction of sp³-hybridized carbons (Fsp3) is 0.0333. The third-order valence-corrected chi connectivity index (χ3v) is 6.11. The Morgan fingerprint density at radius 1 is 0.657 bits per heavy atom. The van der Waals surface area contributed by atoms with Crippen molar-refractivity contribution in [2.45, 2.75) is 6.42 Å². The molecule has 0 aliphatic heterocycles. The first-order valence-electron chi connectivity index (χ1n) is 11.5. The van der Waals surface area contributed by atoms with Crippen molar-refractivity contribution < 1.29 is 0 Å². The minimum Gasteiger partial charge on any atom is -0.354 e. The molecule has 6 N–H and O–H groups in total. The number of rotatable bonds is 6. The summed E-state index contributed by atoms with van der Waals surface area (Å²) in [7, 11) is 0. The summed E-state index contributed by atoms with van der Waals surface area (Å²) < 4.78 is 0. The maximum Gasteiger partial charge on any atom is 0.140 e. The van der Waals surface area contributed by atoms with Gasteiger partial charge in [-0.3, -0.25) is 0 Å². The van der Waals surface area contributed by atoms with Crippen LogP contribution in [0, 0.1) is 0 Å². The first kappa shape index (κ1) is 22.2. The molecular formula is C30H27N5. The Balaban J connectivity index is 1.62. The van der Waals surface area contributed by atoms with E-state index in [4.69, 9.17) is 11.7 Å². The van der Waals surface area contributed by atoms with E-state index in [1.165, 1.54) is 11.1 Å². The van der Waals surface area contributed by atoms with Crippen molar-refractivity contribution in [1.29, 1.82) is 0 Å². The van der Waals surface area contributed by atoms with Crippen LogP contribution in [-0.4, -0.2) is 10.8 Å². The monoisotopic (exact) mass is 457 g/mol. The first-order chi connectivity index (χ1) is 17.3. The standard InChI is InChI=1S/C30H27N5/c31-34-29(35-32)19-21-10-9-15-24(18-21)25-16-7-8-17-26(25)28-20-27(22-11-3-1-4-12-22)30(33-28)23-13-5-2-6-14-23/h1-18,20,33H,19,31-32H2,(H,34,35). The summed E-state index contributed by atoms with van der Waals surface area (Å²) in [6.45, 7) is 0. The second-order valence-corrected chi connectivity index (χ2v) is 8.35. The summed E-state index contributed by atoms with van der Waals surface area (Å²) in [6, 6.07) is 40.0. The zero-order valence-corrected chi connectivity index (χ0v) is 19.3. The molecule has 0 radical (unpaired) electrons. The van der Waals surface area contributed by atoms with Crippen LogP contribution < -0.4 is 17.1 Å². The number of benzene rings is 4. The van der Waals surface area contributed by atoms with Gasteiger partial charge < -0.3 is 16.3 Å². The predicted molar refractivity (Wildman–Crippen MR) is 145 cm³/mol. The lowest BCUT2D eigenvalue weighted by Crippen LogP contribution is -2.32. The van der Waals surface area contributed by atoms with Crippen molar-refractivity contribution >= 4 is 5.84 Å². The molecule has 0 spiro atoms. The molecule has 5 heteroatoms. The van der Waals surface area contributed by atoms with Gasteiger partial charge in [-0.1, -0.05) is 109 Å². The lowest BCUT2D eigenvalue weighted by atomic mass is 9.95. The highest BCUT2D eigenvalue weighted by atomic mass is 15.3. The van der Waals surface area contributed by atoms with Crippen LogP contribution in [0.25, 0.3) is 44.8 Å². The number of hydrazine groups is 1. The molecule has 5 rings (SSSR count). The van der Waals surface area contributed by atoms with E-state index in [1.54, 1.807) is 0 Å². The molecule has 0 saturated carbocycles. The topological polar surface area (TPSA) is 92.2 Å². The smallest absolute Gasteiger partial charge is 0.140 e. The van der Waals surface area contributed by atoms with Crippen molar-refractivity contribution in [2.75, 3.05) is 0 Å². The summed E-state index contributed by atoms with van der Waals surface area (Å²) in [5, 5.41) is 3.71. The average molecular weight is 458 g/mol. The van der Waals surface area contributed by atoms with Gasteiger partial charge in [-0.25, -0.2) is 5.84 Å². The lowest BCUT2D eigenvalue weighted by Gasteiger charge is -2.11. The van der Waals surface area contributed by atoms with Gasteiger partial charge in [0.15, 0.2) is 0 Å². The number of H-pyrrole nitrogens is 1. The second kappa shape index (κ2) is 10.1. The van der Waals surface area contributed by atoms with Gasteiger partial charge in [-0.2, -0.15) is 5.10 Å². The SMILES string of the molecule is N/N=C(/Cc1cccc(-c2ccccc2-c2cc(-c3ccccc3)c(-c3ccccc3)[nH]2)c1)NN. The van der Waals surface area contributed by atoms with Crippen molar-refractivity contribution in [3.8, 4) is 44.8 Å². The Hall–Kier alpha value is -4.61. The molecule has 0 aliphatic carbocycles. The highest BCUT2D eigenvalue weighted by Crippen LogP contribution is 2.39. The van der Waals surface area contributed by atoms with Crippen LogP contribution in [-0.2, 0) is 6.42 Å². The van der Waals surface area contributed by atoms with Gasteiger partial charge in [0, 0.05) is 23.2 Å². The van der Waals surface area contributed by atoms with Crippen molar-refractivity contribution in [2.24, 2.45) is 16.8 Å². The zero-order chi connectivity index (χ0) is 24.0. The normalized spacial score (nSPS) is 11.4. The Bertz CT molecular complexity index is 1400. The first-order valence-corrected chi connectivity index (χ1v) is 11.5. The Morgan fingerprint density at radius 3 is 1.97 bits per heavy atom. The lowest BCUT2D eigenvalue weighted by molar-refractivity contribution is 0.968. The van der Waals surface area contributed by atoms with E-state index < -0.39 is 0 Å². The van der Waals surface area contributed by atoms with Gasteiger partial charge in [0.1, 0.15) is 5.84 Å². The summed E-state index contributed by atoms with van der Waals surface area (Å²) in [6.07, 6.45) is 0.530. The third kappa shape index (κ3) is 4.71. The fourth-order valence-corrected chi connectivity index (χ4v) is 4.42.